The summed E-state index contributed by atoms with van der Waals surface area (Å²) in [5.41, 5.74) is 0.428. The fourth-order valence-corrected chi connectivity index (χ4v) is 4.26. The van der Waals surface area contributed by atoms with Gasteiger partial charge in [-0.05, 0) is 60.7 Å². The quantitative estimate of drug-likeness (QED) is 0.399. The van der Waals surface area contributed by atoms with E-state index in [1.54, 1.807) is 30.3 Å². The average Bonchev–Trinajstić information content (AvgIpc) is 2.71. The zero-order valence-electron chi connectivity index (χ0n) is 15.1. The molecule has 30 heavy (non-hydrogen) atoms. The highest BCUT2D eigenvalue weighted by atomic mass is 79.9. The molecular formula is C20H14Br2N2O5S. The van der Waals surface area contributed by atoms with Crippen LogP contribution in [0.3, 0.4) is 0 Å². The Kier molecular flexibility index (Phi) is 6.59. The van der Waals surface area contributed by atoms with Gasteiger partial charge in [0.25, 0.3) is 15.9 Å². The van der Waals surface area contributed by atoms with Crippen molar-refractivity contribution in [2.45, 2.75) is 4.90 Å². The van der Waals surface area contributed by atoms with Crippen molar-refractivity contribution in [3.05, 3.63) is 86.8 Å². The number of hydrogen-bond donors (Lipinski definition) is 3. The van der Waals surface area contributed by atoms with Crippen LogP contribution in [0.25, 0.3) is 0 Å². The summed E-state index contributed by atoms with van der Waals surface area (Å²) >= 11 is 6.47. The van der Waals surface area contributed by atoms with E-state index in [9.17, 15) is 23.1 Å². The third kappa shape index (κ3) is 5.26. The minimum Gasteiger partial charge on any atom is -0.478 e. The van der Waals surface area contributed by atoms with E-state index in [0.29, 0.717) is 10.2 Å². The molecule has 0 aliphatic carbocycles. The molecule has 0 radical (unpaired) electrons. The number of nitrogens with one attached hydrogen (secondary N) is 2. The Morgan fingerprint density at radius 3 is 2.20 bits per heavy atom. The molecular weight excluding hydrogens is 540 g/mol. The van der Waals surface area contributed by atoms with Crippen LogP contribution < -0.4 is 10.0 Å². The first-order valence-corrected chi connectivity index (χ1v) is 11.5. The number of rotatable bonds is 6. The van der Waals surface area contributed by atoms with Crippen LogP contribution in [0.15, 0.2) is 80.6 Å². The predicted octanol–water partition coefficient (Wildman–Crippen LogP) is 4.96. The maximum absolute atomic E-state index is 12.7. The van der Waals surface area contributed by atoms with Gasteiger partial charge in [0, 0.05) is 20.2 Å². The molecule has 0 heterocycles. The van der Waals surface area contributed by atoms with Gasteiger partial charge in [-0.3, -0.25) is 9.52 Å². The highest BCUT2D eigenvalue weighted by Crippen LogP contribution is 2.23. The van der Waals surface area contributed by atoms with Gasteiger partial charge < -0.3 is 10.4 Å². The molecule has 154 valence electrons. The third-order valence-corrected chi connectivity index (χ3v) is 6.36. The molecule has 0 fully saturated rings. The van der Waals surface area contributed by atoms with E-state index >= 15 is 0 Å². The number of anilines is 2. The topological polar surface area (TPSA) is 113 Å². The number of sulfonamides is 1. The molecule has 0 atom stereocenters. The van der Waals surface area contributed by atoms with Crippen molar-refractivity contribution >= 4 is 65.1 Å². The van der Waals surface area contributed by atoms with E-state index in [0.717, 1.165) is 4.47 Å². The molecule has 3 aromatic rings. The second-order valence-corrected chi connectivity index (χ2v) is 9.60. The van der Waals surface area contributed by atoms with Crippen LogP contribution in [0.4, 0.5) is 11.4 Å². The standard InChI is InChI=1S/C20H14Br2N2O5S/c21-13-4-7-15(8-5-13)24-30(28,29)16-3-1-2-12(10-16)19(25)23-18-9-6-14(22)11-17(18)20(26)27/h1-11,24H,(H,23,25)(H,26,27). The van der Waals surface area contributed by atoms with E-state index in [4.69, 9.17) is 0 Å². The number of carboxylic acid groups (broad SMARTS) is 1. The van der Waals surface area contributed by atoms with Gasteiger partial charge >= 0.3 is 5.97 Å². The summed E-state index contributed by atoms with van der Waals surface area (Å²) in [7, 11) is -3.93. The van der Waals surface area contributed by atoms with Crippen LogP contribution in [0, 0.1) is 0 Å². The Bertz CT molecular complexity index is 1230. The lowest BCUT2D eigenvalue weighted by Gasteiger charge is -2.11. The number of carbonyl (C=O) groups is 2. The monoisotopic (exact) mass is 552 g/mol. The number of benzene rings is 3. The minimum atomic E-state index is -3.93. The number of halogens is 2. The molecule has 0 aliphatic rings. The number of carboxylic acids is 1. The van der Waals surface area contributed by atoms with Crippen molar-refractivity contribution in [3.8, 4) is 0 Å². The molecule has 7 nitrogen and oxygen atoms in total. The third-order valence-electron chi connectivity index (χ3n) is 3.96. The van der Waals surface area contributed by atoms with Gasteiger partial charge in [0.1, 0.15) is 0 Å². The largest absolute Gasteiger partial charge is 0.478 e. The second-order valence-electron chi connectivity index (χ2n) is 6.09. The van der Waals surface area contributed by atoms with Gasteiger partial charge in [0.15, 0.2) is 0 Å². The van der Waals surface area contributed by atoms with Gasteiger partial charge in [-0.2, -0.15) is 0 Å². The number of carbonyl (C=O) groups excluding carboxylic acids is 1. The van der Waals surface area contributed by atoms with Crippen molar-refractivity contribution in [2.75, 3.05) is 10.0 Å². The zero-order valence-corrected chi connectivity index (χ0v) is 19.1. The summed E-state index contributed by atoms with van der Waals surface area (Å²) in [5.74, 6) is -1.85. The number of aromatic carboxylic acids is 1. The summed E-state index contributed by atoms with van der Waals surface area (Å²) in [6.07, 6.45) is 0. The maximum Gasteiger partial charge on any atom is 0.337 e. The second kappa shape index (κ2) is 8.99. The van der Waals surface area contributed by atoms with Crippen LogP contribution in [-0.4, -0.2) is 25.4 Å². The number of hydrogen-bond acceptors (Lipinski definition) is 4. The molecule has 0 bridgehead atoms. The fourth-order valence-electron chi connectivity index (χ4n) is 2.53. The van der Waals surface area contributed by atoms with Gasteiger partial charge in [0.2, 0.25) is 0 Å². The molecule has 0 aromatic heterocycles. The smallest absolute Gasteiger partial charge is 0.337 e. The fraction of sp³-hybridized carbons (Fsp3) is 0. The SMILES string of the molecule is O=C(Nc1ccc(Br)cc1C(=O)O)c1cccc(S(=O)(=O)Nc2ccc(Br)cc2)c1. The Balaban J connectivity index is 1.85. The van der Waals surface area contributed by atoms with E-state index in [-0.39, 0.29) is 21.7 Å². The van der Waals surface area contributed by atoms with Gasteiger partial charge in [0.05, 0.1) is 16.1 Å². The van der Waals surface area contributed by atoms with Crippen LogP contribution >= 0.6 is 31.9 Å². The Hall–Kier alpha value is -2.69. The van der Waals surface area contributed by atoms with Crippen LogP contribution in [-0.2, 0) is 10.0 Å². The molecule has 10 heteroatoms. The summed E-state index contributed by atoms with van der Waals surface area (Å²) in [6, 6.07) is 16.4. The molecule has 0 unspecified atom stereocenters. The van der Waals surface area contributed by atoms with Gasteiger partial charge in [-0.1, -0.05) is 37.9 Å². The Labute approximate surface area is 189 Å². The lowest BCUT2D eigenvalue weighted by Crippen LogP contribution is -2.17. The lowest BCUT2D eigenvalue weighted by molar-refractivity contribution is 0.0698. The highest BCUT2D eigenvalue weighted by Gasteiger charge is 2.18. The molecule has 3 aromatic carbocycles. The van der Waals surface area contributed by atoms with Crippen molar-refractivity contribution in [3.63, 3.8) is 0 Å². The van der Waals surface area contributed by atoms with Crippen LogP contribution in [0.1, 0.15) is 20.7 Å². The predicted molar refractivity (Wildman–Crippen MR) is 120 cm³/mol. The molecule has 0 aliphatic heterocycles. The average molecular weight is 554 g/mol. The molecule has 3 rings (SSSR count). The van der Waals surface area contributed by atoms with E-state index < -0.39 is 21.9 Å². The number of amides is 1. The highest BCUT2D eigenvalue weighted by molar-refractivity contribution is 9.10. The Morgan fingerprint density at radius 1 is 0.867 bits per heavy atom. The Morgan fingerprint density at radius 2 is 1.53 bits per heavy atom. The van der Waals surface area contributed by atoms with E-state index in [1.165, 1.54) is 36.4 Å². The van der Waals surface area contributed by atoms with Crippen molar-refractivity contribution in [1.82, 2.24) is 0 Å². The first-order valence-electron chi connectivity index (χ1n) is 8.38. The van der Waals surface area contributed by atoms with Crippen molar-refractivity contribution in [1.29, 1.82) is 0 Å². The van der Waals surface area contributed by atoms with Gasteiger partial charge in [-0.25, -0.2) is 13.2 Å². The molecule has 0 saturated heterocycles. The summed E-state index contributed by atoms with van der Waals surface area (Å²) in [6.45, 7) is 0. The molecule has 0 spiro atoms. The van der Waals surface area contributed by atoms with E-state index in [1.807, 2.05) is 0 Å². The van der Waals surface area contributed by atoms with E-state index in [2.05, 4.69) is 41.9 Å². The minimum absolute atomic E-state index is 0.0629. The lowest BCUT2D eigenvalue weighted by atomic mass is 10.1. The summed E-state index contributed by atoms with van der Waals surface area (Å²) < 4.78 is 29.1. The van der Waals surface area contributed by atoms with Crippen LogP contribution in [0.2, 0.25) is 0 Å². The first-order chi connectivity index (χ1) is 14.2. The molecule has 3 N–H and O–H groups in total. The van der Waals surface area contributed by atoms with Crippen molar-refractivity contribution in [2.24, 2.45) is 0 Å². The maximum atomic E-state index is 12.7. The normalized spacial score (nSPS) is 11.0. The molecule has 0 saturated carbocycles. The van der Waals surface area contributed by atoms with Crippen LogP contribution in [0.5, 0.6) is 0 Å². The zero-order chi connectivity index (χ0) is 21.9. The summed E-state index contributed by atoms with van der Waals surface area (Å²) in [5, 5.41) is 11.8. The summed E-state index contributed by atoms with van der Waals surface area (Å²) in [4.78, 5) is 23.9. The van der Waals surface area contributed by atoms with Crippen molar-refractivity contribution < 1.29 is 23.1 Å². The molecule has 1 amide bonds. The first kappa shape index (κ1) is 22.0. The van der Waals surface area contributed by atoms with Gasteiger partial charge in [-0.15, -0.1) is 0 Å².